The molecule has 2 aromatic rings. The predicted octanol–water partition coefficient (Wildman–Crippen LogP) is 1.77. The lowest BCUT2D eigenvalue weighted by atomic mass is 10.2. The van der Waals surface area contributed by atoms with Crippen LogP contribution in [0, 0.1) is 0 Å². The Bertz CT molecular complexity index is 480. The molecule has 5 heteroatoms. The van der Waals surface area contributed by atoms with E-state index in [0.717, 1.165) is 17.1 Å². The van der Waals surface area contributed by atoms with E-state index in [9.17, 15) is 0 Å². The van der Waals surface area contributed by atoms with E-state index in [1.54, 1.807) is 13.3 Å². The molecule has 16 heavy (non-hydrogen) atoms. The molecule has 0 radical (unpaired) electrons. The Kier molecular flexibility index (Phi) is 2.68. The fourth-order valence-corrected chi connectivity index (χ4v) is 1.52. The zero-order valence-corrected chi connectivity index (χ0v) is 9.27. The van der Waals surface area contributed by atoms with Gasteiger partial charge in [0.25, 0.3) is 0 Å². The molecular formula is C11H14N4O. The zero-order chi connectivity index (χ0) is 11.5. The van der Waals surface area contributed by atoms with Crippen molar-refractivity contribution in [1.29, 1.82) is 0 Å². The first-order chi connectivity index (χ1) is 7.72. The number of anilines is 3. The number of methoxy groups -OCH3 is 1. The highest BCUT2D eigenvalue weighted by Crippen LogP contribution is 2.29. The Morgan fingerprint density at radius 3 is 2.88 bits per heavy atom. The maximum Gasteiger partial charge on any atom is 0.143 e. The Balaban J connectivity index is 2.33. The highest BCUT2D eigenvalue weighted by Gasteiger charge is 2.09. The Hall–Kier alpha value is -2.17. The van der Waals surface area contributed by atoms with Crippen molar-refractivity contribution < 1.29 is 4.74 Å². The Morgan fingerprint density at radius 1 is 1.44 bits per heavy atom. The van der Waals surface area contributed by atoms with Gasteiger partial charge < -0.3 is 15.4 Å². The molecule has 0 aliphatic heterocycles. The second kappa shape index (κ2) is 4.14. The largest absolute Gasteiger partial charge is 0.497 e. The third-order valence-electron chi connectivity index (χ3n) is 2.45. The van der Waals surface area contributed by atoms with E-state index in [-0.39, 0.29) is 0 Å². The molecule has 0 amide bonds. The van der Waals surface area contributed by atoms with Crippen molar-refractivity contribution in [2.45, 2.75) is 0 Å². The molecule has 0 fully saturated rings. The molecule has 0 aliphatic rings. The molecule has 84 valence electrons. The molecule has 0 spiro atoms. The van der Waals surface area contributed by atoms with Crippen LogP contribution in [0.3, 0.4) is 0 Å². The number of hydrogen-bond donors (Lipinski definition) is 2. The Labute approximate surface area is 93.8 Å². The fourth-order valence-electron chi connectivity index (χ4n) is 1.52. The average molecular weight is 218 g/mol. The molecule has 2 rings (SSSR count). The van der Waals surface area contributed by atoms with Crippen molar-refractivity contribution in [1.82, 2.24) is 10.2 Å². The molecule has 1 aromatic heterocycles. The highest BCUT2D eigenvalue weighted by atomic mass is 16.5. The number of hydrogen-bond acceptors (Lipinski definition) is 4. The van der Waals surface area contributed by atoms with Gasteiger partial charge in [-0.3, -0.25) is 5.10 Å². The third kappa shape index (κ3) is 1.79. The number of H-pyrrole nitrogens is 1. The monoisotopic (exact) mass is 218 g/mol. The van der Waals surface area contributed by atoms with Gasteiger partial charge in [0.15, 0.2) is 0 Å². The minimum atomic E-state index is 0.547. The van der Waals surface area contributed by atoms with Gasteiger partial charge in [0.05, 0.1) is 13.3 Å². The molecule has 3 N–H and O–H groups in total. The number of nitrogens with one attached hydrogen (secondary N) is 1. The SMILES string of the molecule is COc1cccc(N(C)c2cn[nH]c2N)c1. The highest BCUT2D eigenvalue weighted by molar-refractivity contribution is 5.71. The van der Waals surface area contributed by atoms with Crippen LogP contribution in [0.15, 0.2) is 30.5 Å². The van der Waals surface area contributed by atoms with E-state index in [1.165, 1.54) is 0 Å². The summed E-state index contributed by atoms with van der Waals surface area (Å²) in [5.74, 6) is 1.36. The fraction of sp³-hybridized carbons (Fsp3) is 0.182. The molecule has 0 saturated carbocycles. The number of ether oxygens (including phenoxy) is 1. The van der Waals surface area contributed by atoms with Crippen molar-refractivity contribution >= 4 is 17.2 Å². The standard InChI is InChI=1S/C11H14N4O/c1-15(10-7-13-14-11(10)12)8-4-3-5-9(6-8)16-2/h3-7H,1-2H3,(H3,12,13,14). The molecule has 0 bridgehead atoms. The summed E-state index contributed by atoms with van der Waals surface area (Å²) in [6.07, 6.45) is 1.69. The van der Waals surface area contributed by atoms with E-state index in [1.807, 2.05) is 36.2 Å². The van der Waals surface area contributed by atoms with E-state index >= 15 is 0 Å². The summed E-state index contributed by atoms with van der Waals surface area (Å²) in [6.45, 7) is 0. The minimum Gasteiger partial charge on any atom is -0.497 e. The van der Waals surface area contributed by atoms with Gasteiger partial charge in [-0.25, -0.2) is 0 Å². The van der Waals surface area contributed by atoms with Gasteiger partial charge >= 0.3 is 0 Å². The quantitative estimate of drug-likeness (QED) is 0.823. The van der Waals surface area contributed by atoms with Crippen LogP contribution in [-0.4, -0.2) is 24.4 Å². The molecule has 1 heterocycles. The van der Waals surface area contributed by atoms with Crippen LogP contribution in [0.25, 0.3) is 0 Å². The van der Waals surface area contributed by atoms with Crippen molar-refractivity contribution in [2.24, 2.45) is 0 Å². The summed E-state index contributed by atoms with van der Waals surface area (Å²) in [7, 11) is 3.57. The van der Waals surface area contributed by atoms with Crippen LogP contribution in [-0.2, 0) is 0 Å². The van der Waals surface area contributed by atoms with Crippen LogP contribution >= 0.6 is 0 Å². The van der Waals surface area contributed by atoms with Gasteiger partial charge in [-0.2, -0.15) is 5.10 Å². The normalized spacial score (nSPS) is 10.1. The van der Waals surface area contributed by atoms with E-state index < -0.39 is 0 Å². The van der Waals surface area contributed by atoms with Gasteiger partial charge in [-0.1, -0.05) is 6.07 Å². The summed E-state index contributed by atoms with van der Waals surface area (Å²) in [5.41, 5.74) is 7.59. The van der Waals surface area contributed by atoms with Crippen LogP contribution in [0.1, 0.15) is 0 Å². The topological polar surface area (TPSA) is 67.2 Å². The zero-order valence-electron chi connectivity index (χ0n) is 9.27. The average Bonchev–Trinajstić information content (AvgIpc) is 2.74. The number of rotatable bonds is 3. The summed E-state index contributed by atoms with van der Waals surface area (Å²) in [5, 5.41) is 6.59. The van der Waals surface area contributed by atoms with Gasteiger partial charge in [0.1, 0.15) is 17.3 Å². The first kappa shape index (κ1) is 10.4. The lowest BCUT2D eigenvalue weighted by Crippen LogP contribution is -2.10. The number of benzene rings is 1. The van der Waals surface area contributed by atoms with Crippen molar-refractivity contribution in [3.8, 4) is 5.75 Å². The number of nitrogens with zero attached hydrogens (tertiary/aromatic N) is 2. The van der Waals surface area contributed by atoms with Crippen LogP contribution in [0.5, 0.6) is 5.75 Å². The maximum atomic E-state index is 5.76. The van der Waals surface area contributed by atoms with Crippen molar-refractivity contribution in [2.75, 3.05) is 24.8 Å². The van der Waals surface area contributed by atoms with Gasteiger partial charge in [0.2, 0.25) is 0 Å². The minimum absolute atomic E-state index is 0.547. The summed E-state index contributed by atoms with van der Waals surface area (Å²) in [6, 6.07) is 7.75. The first-order valence-corrected chi connectivity index (χ1v) is 4.89. The second-order valence-corrected chi connectivity index (χ2v) is 3.43. The Morgan fingerprint density at radius 2 is 2.25 bits per heavy atom. The number of nitrogens with two attached hydrogens (primary N) is 1. The van der Waals surface area contributed by atoms with Crippen molar-refractivity contribution in [3.63, 3.8) is 0 Å². The molecule has 0 atom stereocenters. The number of nitrogen functional groups attached to an aromatic ring is 1. The first-order valence-electron chi connectivity index (χ1n) is 4.89. The number of aromatic amines is 1. The van der Waals surface area contributed by atoms with Crippen molar-refractivity contribution in [3.05, 3.63) is 30.5 Å². The molecule has 0 unspecified atom stereocenters. The van der Waals surface area contributed by atoms with Gasteiger partial charge in [-0.15, -0.1) is 0 Å². The smallest absolute Gasteiger partial charge is 0.143 e. The molecule has 1 aromatic carbocycles. The summed E-state index contributed by atoms with van der Waals surface area (Å²) in [4.78, 5) is 1.95. The molecule has 5 nitrogen and oxygen atoms in total. The van der Waals surface area contributed by atoms with Crippen LogP contribution < -0.4 is 15.4 Å². The van der Waals surface area contributed by atoms with Crippen LogP contribution in [0.2, 0.25) is 0 Å². The van der Waals surface area contributed by atoms with Crippen LogP contribution in [0.4, 0.5) is 17.2 Å². The third-order valence-corrected chi connectivity index (χ3v) is 2.45. The number of aromatic nitrogens is 2. The molecule has 0 aliphatic carbocycles. The lowest BCUT2D eigenvalue weighted by molar-refractivity contribution is 0.415. The van der Waals surface area contributed by atoms with Gasteiger partial charge in [0, 0.05) is 18.8 Å². The molecular weight excluding hydrogens is 204 g/mol. The lowest BCUT2D eigenvalue weighted by Gasteiger charge is -2.18. The predicted molar refractivity (Wildman–Crippen MR) is 64.1 cm³/mol. The van der Waals surface area contributed by atoms with E-state index in [2.05, 4.69) is 10.2 Å². The van der Waals surface area contributed by atoms with E-state index in [4.69, 9.17) is 10.5 Å². The van der Waals surface area contributed by atoms with E-state index in [0.29, 0.717) is 5.82 Å². The molecule has 0 saturated heterocycles. The van der Waals surface area contributed by atoms with Gasteiger partial charge in [-0.05, 0) is 12.1 Å². The maximum absolute atomic E-state index is 5.76. The summed E-state index contributed by atoms with van der Waals surface area (Å²) >= 11 is 0. The summed E-state index contributed by atoms with van der Waals surface area (Å²) < 4.78 is 5.17. The second-order valence-electron chi connectivity index (χ2n) is 3.43.